The average Bonchev–Trinajstić information content (AvgIpc) is 3.08. The van der Waals surface area contributed by atoms with Crippen molar-refractivity contribution in [3.63, 3.8) is 0 Å². The topological polar surface area (TPSA) is 73.6 Å². The monoisotopic (exact) mass is 380 g/mol. The number of rotatable bonds is 10. The highest BCUT2D eigenvalue weighted by molar-refractivity contribution is 5.67. The average molecular weight is 380 g/mol. The fraction of sp³-hybridized carbons (Fsp3) is 0.273. The number of aryl methyl sites for hydroxylation is 1. The first-order chi connectivity index (χ1) is 13.6. The third kappa shape index (κ3) is 5.61. The zero-order chi connectivity index (χ0) is 19.8. The molecule has 6 heteroatoms. The Morgan fingerprint density at radius 1 is 1.04 bits per heavy atom. The van der Waals surface area contributed by atoms with Gasteiger partial charge in [0, 0.05) is 18.2 Å². The van der Waals surface area contributed by atoms with E-state index in [1.165, 1.54) is 0 Å². The number of carbonyl (C=O) groups is 1. The highest BCUT2D eigenvalue weighted by Gasteiger charge is 2.12. The van der Waals surface area contributed by atoms with E-state index in [9.17, 15) is 4.79 Å². The van der Waals surface area contributed by atoms with Gasteiger partial charge in [-0.05, 0) is 36.6 Å². The van der Waals surface area contributed by atoms with Crippen LogP contribution in [0, 0.1) is 0 Å². The lowest BCUT2D eigenvalue weighted by molar-refractivity contribution is -0.136. The lowest BCUT2D eigenvalue weighted by Crippen LogP contribution is -2.01. The van der Waals surface area contributed by atoms with E-state index < -0.39 is 5.97 Å². The van der Waals surface area contributed by atoms with Gasteiger partial charge in [-0.3, -0.25) is 9.48 Å². The first-order valence-electron chi connectivity index (χ1n) is 9.30. The van der Waals surface area contributed by atoms with Crippen LogP contribution >= 0.6 is 0 Å². The third-order valence-electron chi connectivity index (χ3n) is 4.20. The quantitative estimate of drug-likeness (QED) is 0.577. The predicted octanol–water partition coefficient (Wildman–Crippen LogP) is 3.93. The summed E-state index contributed by atoms with van der Waals surface area (Å²) in [5.41, 5.74) is 3.01. The molecular weight excluding hydrogens is 356 g/mol. The van der Waals surface area contributed by atoms with Gasteiger partial charge in [0.1, 0.15) is 12.4 Å². The summed E-state index contributed by atoms with van der Waals surface area (Å²) in [5, 5.41) is 13.3. The molecule has 0 aliphatic heterocycles. The molecule has 0 amide bonds. The fourth-order valence-electron chi connectivity index (χ4n) is 2.82. The Morgan fingerprint density at radius 3 is 2.46 bits per heavy atom. The number of aromatic nitrogens is 2. The Kier molecular flexibility index (Phi) is 6.68. The molecule has 0 aliphatic carbocycles. The van der Waals surface area contributed by atoms with E-state index in [2.05, 4.69) is 5.10 Å². The zero-order valence-electron chi connectivity index (χ0n) is 15.9. The van der Waals surface area contributed by atoms with Crippen LogP contribution in [-0.4, -0.2) is 27.5 Å². The van der Waals surface area contributed by atoms with Crippen molar-refractivity contribution in [3.8, 4) is 11.6 Å². The SMILES string of the molecule is CCOc1nn(Cc2ccc(OCc3ccccc3)cc2)cc1CCC(=O)O. The molecule has 2 aromatic carbocycles. The van der Waals surface area contributed by atoms with Gasteiger partial charge in [-0.25, -0.2) is 0 Å². The number of hydrogen-bond donors (Lipinski definition) is 1. The van der Waals surface area contributed by atoms with Crippen LogP contribution in [0.25, 0.3) is 0 Å². The van der Waals surface area contributed by atoms with Crippen molar-refractivity contribution in [2.24, 2.45) is 0 Å². The van der Waals surface area contributed by atoms with Crippen LogP contribution in [0.15, 0.2) is 60.8 Å². The van der Waals surface area contributed by atoms with Crippen molar-refractivity contribution in [1.29, 1.82) is 0 Å². The van der Waals surface area contributed by atoms with Gasteiger partial charge in [0.15, 0.2) is 0 Å². The molecule has 0 fully saturated rings. The summed E-state index contributed by atoms with van der Waals surface area (Å²) in [6.07, 6.45) is 2.31. The van der Waals surface area contributed by atoms with Crippen molar-refractivity contribution in [2.45, 2.75) is 32.9 Å². The highest BCUT2D eigenvalue weighted by Crippen LogP contribution is 2.20. The van der Waals surface area contributed by atoms with Crippen molar-refractivity contribution >= 4 is 5.97 Å². The van der Waals surface area contributed by atoms with E-state index in [1.807, 2.05) is 67.7 Å². The van der Waals surface area contributed by atoms with Gasteiger partial charge in [-0.15, -0.1) is 5.10 Å². The Bertz CT molecular complexity index is 889. The summed E-state index contributed by atoms with van der Waals surface area (Å²) in [6, 6.07) is 17.9. The maximum atomic E-state index is 10.8. The van der Waals surface area contributed by atoms with Crippen LogP contribution < -0.4 is 9.47 Å². The summed E-state index contributed by atoms with van der Waals surface area (Å²) in [4.78, 5) is 10.8. The van der Waals surface area contributed by atoms with Crippen LogP contribution in [0.3, 0.4) is 0 Å². The lowest BCUT2D eigenvalue weighted by atomic mass is 10.2. The Balaban J connectivity index is 1.61. The van der Waals surface area contributed by atoms with E-state index in [4.69, 9.17) is 14.6 Å². The van der Waals surface area contributed by atoms with Crippen LogP contribution in [0.5, 0.6) is 11.6 Å². The first kappa shape index (κ1) is 19.5. The summed E-state index contributed by atoms with van der Waals surface area (Å²) >= 11 is 0. The molecule has 0 saturated carbocycles. The second-order valence-electron chi connectivity index (χ2n) is 6.40. The van der Waals surface area contributed by atoms with Crippen LogP contribution in [0.1, 0.15) is 30.0 Å². The second kappa shape index (κ2) is 9.60. The van der Waals surface area contributed by atoms with Crippen LogP contribution in [0.4, 0.5) is 0 Å². The molecule has 1 N–H and O–H groups in total. The number of carboxylic acid groups (broad SMARTS) is 1. The first-order valence-corrected chi connectivity index (χ1v) is 9.30. The molecule has 6 nitrogen and oxygen atoms in total. The zero-order valence-corrected chi connectivity index (χ0v) is 15.9. The third-order valence-corrected chi connectivity index (χ3v) is 4.20. The van der Waals surface area contributed by atoms with E-state index in [-0.39, 0.29) is 6.42 Å². The Morgan fingerprint density at radius 2 is 1.79 bits per heavy atom. The molecule has 3 rings (SSSR count). The van der Waals surface area contributed by atoms with Gasteiger partial charge in [0.05, 0.1) is 13.2 Å². The van der Waals surface area contributed by atoms with Gasteiger partial charge < -0.3 is 14.6 Å². The fourth-order valence-corrected chi connectivity index (χ4v) is 2.82. The molecule has 0 spiro atoms. The summed E-state index contributed by atoms with van der Waals surface area (Å²) in [7, 11) is 0. The van der Waals surface area contributed by atoms with E-state index in [1.54, 1.807) is 4.68 Å². The van der Waals surface area contributed by atoms with E-state index >= 15 is 0 Å². The molecule has 0 saturated heterocycles. The Labute approximate surface area is 164 Å². The minimum Gasteiger partial charge on any atom is -0.489 e. The van der Waals surface area contributed by atoms with Gasteiger partial charge in [-0.1, -0.05) is 42.5 Å². The summed E-state index contributed by atoms with van der Waals surface area (Å²) in [5.74, 6) is 0.484. The molecule has 0 unspecified atom stereocenters. The lowest BCUT2D eigenvalue weighted by Gasteiger charge is -2.07. The molecule has 0 radical (unpaired) electrons. The molecule has 0 bridgehead atoms. The molecule has 146 valence electrons. The van der Waals surface area contributed by atoms with Gasteiger partial charge in [0.25, 0.3) is 0 Å². The molecule has 0 aliphatic rings. The maximum absolute atomic E-state index is 10.8. The molecule has 1 aromatic heterocycles. The Hall–Kier alpha value is -3.28. The number of benzene rings is 2. The van der Waals surface area contributed by atoms with Gasteiger partial charge in [-0.2, -0.15) is 0 Å². The number of hydrogen-bond acceptors (Lipinski definition) is 4. The van der Waals surface area contributed by atoms with Gasteiger partial charge in [0.2, 0.25) is 5.88 Å². The molecular formula is C22H24N2O4. The normalized spacial score (nSPS) is 10.6. The number of aliphatic carboxylic acids is 1. The van der Waals surface area contributed by atoms with Crippen molar-refractivity contribution in [1.82, 2.24) is 9.78 Å². The number of nitrogens with zero attached hydrogens (tertiary/aromatic N) is 2. The highest BCUT2D eigenvalue weighted by atomic mass is 16.5. The van der Waals surface area contributed by atoms with Crippen LogP contribution in [0.2, 0.25) is 0 Å². The largest absolute Gasteiger partial charge is 0.489 e. The van der Waals surface area contributed by atoms with Gasteiger partial charge >= 0.3 is 5.97 Å². The smallest absolute Gasteiger partial charge is 0.303 e. The number of carboxylic acids is 1. The maximum Gasteiger partial charge on any atom is 0.303 e. The summed E-state index contributed by atoms with van der Waals surface area (Å²) in [6.45, 7) is 3.48. The van der Waals surface area contributed by atoms with Crippen LogP contribution in [-0.2, 0) is 24.4 Å². The second-order valence-corrected chi connectivity index (χ2v) is 6.40. The predicted molar refractivity (Wildman–Crippen MR) is 106 cm³/mol. The van der Waals surface area contributed by atoms with E-state index in [0.29, 0.717) is 32.1 Å². The standard InChI is InChI=1S/C22H24N2O4/c1-2-27-22-19(10-13-21(25)26)15-24(23-22)14-17-8-11-20(12-9-17)28-16-18-6-4-3-5-7-18/h3-9,11-12,15H,2,10,13-14,16H2,1H3,(H,25,26). The minimum atomic E-state index is -0.832. The van der Waals surface area contributed by atoms with E-state index in [0.717, 1.165) is 22.4 Å². The van der Waals surface area contributed by atoms with Crippen molar-refractivity contribution < 1.29 is 19.4 Å². The molecule has 0 atom stereocenters. The molecule has 1 heterocycles. The van der Waals surface area contributed by atoms with Crippen molar-refractivity contribution in [2.75, 3.05) is 6.61 Å². The summed E-state index contributed by atoms with van der Waals surface area (Å²) < 4.78 is 13.1. The number of ether oxygens (including phenoxy) is 2. The minimum absolute atomic E-state index is 0.0548. The molecule has 3 aromatic rings. The van der Waals surface area contributed by atoms with Crippen molar-refractivity contribution in [3.05, 3.63) is 77.5 Å². The molecule has 28 heavy (non-hydrogen) atoms.